The number of carboxylic acid groups (broad SMARTS) is 1. The minimum Gasteiger partial charge on any atom is -0.481 e. The number of hydrogen-bond donors (Lipinski definition) is 2. The Bertz CT molecular complexity index is 329. The molecule has 1 atom stereocenters. The van der Waals surface area contributed by atoms with Crippen LogP contribution in [0.1, 0.15) is 66.7 Å². The molecule has 0 aliphatic rings. The second-order valence-corrected chi connectivity index (χ2v) is 6.51. The van der Waals surface area contributed by atoms with Crippen LogP contribution < -0.4 is 5.32 Å². The topological polar surface area (TPSA) is 69.6 Å². The first-order chi connectivity index (χ1) is 9.73. The number of amides is 2. The van der Waals surface area contributed by atoms with Crippen LogP contribution in [-0.4, -0.2) is 41.1 Å². The maximum absolute atomic E-state index is 12.2. The highest BCUT2D eigenvalue weighted by Gasteiger charge is 2.23. The summed E-state index contributed by atoms with van der Waals surface area (Å²) in [4.78, 5) is 24.5. The normalized spacial score (nSPS) is 12.8. The van der Waals surface area contributed by atoms with Gasteiger partial charge in [-0.3, -0.25) is 4.79 Å². The van der Waals surface area contributed by atoms with Gasteiger partial charge in [0.05, 0.1) is 6.42 Å². The monoisotopic (exact) mass is 300 g/mol. The molecule has 0 spiro atoms. The summed E-state index contributed by atoms with van der Waals surface area (Å²) in [5.41, 5.74) is 0.0697. The third-order valence-electron chi connectivity index (χ3n) is 3.78. The van der Waals surface area contributed by atoms with Crippen molar-refractivity contribution in [2.45, 2.75) is 72.8 Å². The minimum atomic E-state index is -0.881. The molecule has 0 aliphatic heterocycles. The van der Waals surface area contributed by atoms with Gasteiger partial charge in [-0.25, -0.2) is 4.79 Å². The van der Waals surface area contributed by atoms with Gasteiger partial charge < -0.3 is 15.3 Å². The van der Waals surface area contributed by atoms with Crippen LogP contribution in [0.3, 0.4) is 0 Å². The quantitative estimate of drug-likeness (QED) is 0.607. The van der Waals surface area contributed by atoms with Crippen LogP contribution in [0.5, 0.6) is 0 Å². The summed E-state index contributed by atoms with van der Waals surface area (Å²) in [6.07, 6.45) is 4.64. The van der Waals surface area contributed by atoms with Gasteiger partial charge in [0.25, 0.3) is 0 Å². The van der Waals surface area contributed by atoms with Gasteiger partial charge in [-0.05, 0) is 25.7 Å². The summed E-state index contributed by atoms with van der Waals surface area (Å²) in [6.45, 7) is 11.2. The van der Waals surface area contributed by atoms with Gasteiger partial charge in [-0.1, -0.05) is 40.0 Å². The summed E-state index contributed by atoms with van der Waals surface area (Å²) in [6, 6.07) is -0.467. The molecule has 0 aromatic carbocycles. The molecule has 0 saturated carbocycles. The Labute approximate surface area is 129 Å². The lowest BCUT2D eigenvalue weighted by molar-refractivity contribution is -0.138. The Balaban J connectivity index is 4.34. The van der Waals surface area contributed by atoms with Crippen molar-refractivity contribution in [2.75, 3.05) is 13.1 Å². The van der Waals surface area contributed by atoms with Crippen molar-refractivity contribution >= 4 is 12.0 Å². The molecular formula is C16H32N2O3. The van der Waals surface area contributed by atoms with Crippen molar-refractivity contribution in [3.8, 4) is 0 Å². The smallest absolute Gasteiger partial charge is 0.317 e. The third-order valence-corrected chi connectivity index (χ3v) is 3.78. The van der Waals surface area contributed by atoms with Gasteiger partial charge in [0.15, 0.2) is 0 Å². The number of carboxylic acids is 1. The molecule has 0 radical (unpaired) electrons. The van der Waals surface area contributed by atoms with Crippen LogP contribution in [0.2, 0.25) is 0 Å². The predicted molar refractivity (Wildman–Crippen MR) is 85.4 cm³/mol. The maximum Gasteiger partial charge on any atom is 0.317 e. The fourth-order valence-electron chi connectivity index (χ4n) is 2.38. The van der Waals surface area contributed by atoms with Crippen molar-refractivity contribution < 1.29 is 14.7 Å². The fourth-order valence-corrected chi connectivity index (χ4v) is 2.38. The highest BCUT2D eigenvalue weighted by atomic mass is 16.4. The van der Waals surface area contributed by atoms with Gasteiger partial charge in [0.2, 0.25) is 0 Å². The molecule has 5 heteroatoms. The fraction of sp³-hybridized carbons (Fsp3) is 0.875. The maximum atomic E-state index is 12.2. The van der Waals surface area contributed by atoms with Gasteiger partial charge in [-0.15, -0.1) is 0 Å². The number of nitrogens with one attached hydrogen (secondary N) is 1. The number of carbonyl (C=O) groups is 2. The van der Waals surface area contributed by atoms with E-state index in [4.69, 9.17) is 5.11 Å². The number of nitrogens with zero attached hydrogens (tertiary/aromatic N) is 1. The molecule has 0 saturated heterocycles. The van der Waals surface area contributed by atoms with Crippen LogP contribution in [0.25, 0.3) is 0 Å². The van der Waals surface area contributed by atoms with E-state index in [0.29, 0.717) is 13.1 Å². The zero-order valence-corrected chi connectivity index (χ0v) is 14.2. The van der Waals surface area contributed by atoms with E-state index >= 15 is 0 Å². The molecule has 0 aliphatic carbocycles. The molecule has 0 aromatic rings. The van der Waals surface area contributed by atoms with Crippen molar-refractivity contribution in [1.29, 1.82) is 0 Å². The Morgan fingerprint density at radius 3 is 2.33 bits per heavy atom. The van der Waals surface area contributed by atoms with Gasteiger partial charge >= 0.3 is 12.0 Å². The molecular weight excluding hydrogens is 268 g/mol. The molecule has 2 N–H and O–H groups in total. The second-order valence-electron chi connectivity index (χ2n) is 6.51. The zero-order valence-electron chi connectivity index (χ0n) is 14.2. The molecule has 0 heterocycles. The summed E-state index contributed by atoms with van der Waals surface area (Å²) in [5.74, 6) is -0.881. The molecule has 0 rings (SSSR count). The predicted octanol–water partition coefficient (Wildman–Crippen LogP) is 3.49. The van der Waals surface area contributed by atoms with E-state index in [1.165, 1.54) is 19.3 Å². The second kappa shape index (κ2) is 9.64. The Hall–Kier alpha value is -1.26. The number of aliphatic carboxylic acids is 1. The number of urea groups is 1. The molecule has 21 heavy (non-hydrogen) atoms. The van der Waals surface area contributed by atoms with Crippen molar-refractivity contribution in [1.82, 2.24) is 10.2 Å². The molecule has 2 amide bonds. The number of hydrogen-bond acceptors (Lipinski definition) is 2. The van der Waals surface area contributed by atoms with Crippen molar-refractivity contribution in [3.05, 3.63) is 0 Å². The average Bonchev–Trinajstić information content (AvgIpc) is 2.36. The van der Waals surface area contributed by atoms with E-state index in [2.05, 4.69) is 26.1 Å². The van der Waals surface area contributed by atoms with Crippen LogP contribution in [0.4, 0.5) is 4.79 Å². The molecule has 5 nitrogen and oxygen atoms in total. The first-order valence-electron chi connectivity index (χ1n) is 7.99. The van der Waals surface area contributed by atoms with Gasteiger partial charge in [-0.2, -0.15) is 0 Å². The first kappa shape index (κ1) is 19.7. The lowest BCUT2D eigenvalue weighted by Gasteiger charge is -2.30. The zero-order chi connectivity index (χ0) is 16.5. The van der Waals surface area contributed by atoms with E-state index < -0.39 is 5.97 Å². The highest BCUT2D eigenvalue weighted by molar-refractivity contribution is 5.75. The lowest BCUT2D eigenvalue weighted by Crippen LogP contribution is -2.47. The van der Waals surface area contributed by atoms with E-state index in [1.54, 1.807) is 11.8 Å². The molecule has 0 fully saturated rings. The SMILES string of the molecule is CCCCCC(C)(C)CNC(=O)N(CC)C(C)CC(=O)O. The Morgan fingerprint density at radius 2 is 1.86 bits per heavy atom. The van der Waals surface area contributed by atoms with E-state index in [-0.39, 0.29) is 23.9 Å². The Kier molecular flexibility index (Phi) is 9.06. The average molecular weight is 300 g/mol. The number of rotatable bonds is 10. The molecule has 1 unspecified atom stereocenters. The Morgan fingerprint density at radius 1 is 1.24 bits per heavy atom. The minimum absolute atomic E-state index is 0.0266. The van der Waals surface area contributed by atoms with Crippen LogP contribution in [0, 0.1) is 5.41 Å². The third kappa shape index (κ3) is 8.58. The first-order valence-corrected chi connectivity index (χ1v) is 7.99. The largest absolute Gasteiger partial charge is 0.481 e. The van der Waals surface area contributed by atoms with Crippen molar-refractivity contribution in [3.63, 3.8) is 0 Å². The number of carbonyl (C=O) groups excluding carboxylic acids is 1. The number of unbranched alkanes of at least 4 members (excludes halogenated alkanes) is 2. The van der Waals surface area contributed by atoms with Gasteiger partial charge in [0.1, 0.15) is 0 Å². The molecule has 0 bridgehead atoms. The molecule has 124 valence electrons. The lowest BCUT2D eigenvalue weighted by atomic mass is 9.87. The summed E-state index contributed by atoms with van der Waals surface area (Å²) < 4.78 is 0. The molecule has 0 aromatic heterocycles. The van der Waals surface area contributed by atoms with Crippen LogP contribution in [-0.2, 0) is 4.79 Å². The van der Waals surface area contributed by atoms with Crippen molar-refractivity contribution in [2.24, 2.45) is 5.41 Å². The standard InChI is InChI=1S/C16H32N2O3/c1-6-8-9-10-16(4,5)12-17-15(21)18(7-2)13(3)11-14(19)20/h13H,6-12H2,1-5H3,(H,17,21)(H,19,20). The van der Waals surface area contributed by atoms with E-state index in [0.717, 1.165) is 6.42 Å². The summed E-state index contributed by atoms with van der Waals surface area (Å²) in [7, 11) is 0. The summed E-state index contributed by atoms with van der Waals surface area (Å²) >= 11 is 0. The van der Waals surface area contributed by atoms with E-state index in [1.807, 2.05) is 6.92 Å². The highest BCUT2D eigenvalue weighted by Crippen LogP contribution is 2.22. The van der Waals surface area contributed by atoms with Crippen LogP contribution in [0.15, 0.2) is 0 Å². The van der Waals surface area contributed by atoms with Gasteiger partial charge in [0, 0.05) is 19.1 Å². The van der Waals surface area contributed by atoms with E-state index in [9.17, 15) is 9.59 Å². The summed E-state index contributed by atoms with van der Waals surface area (Å²) in [5, 5.41) is 11.8. The van der Waals surface area contributed by atoms with Crippen LogP contribution >= 0.6 is 0 Å².